The van der Waals surface area contributed by atoms with E-state index >= 15 is 0 Å². The summed E-state index contributed by atoms with van der Waals surface area (Å²) in [5.74, 6) is 3.67. The molecule has 2 atom stereocenters. The largest absolute Gasteiger partial charge is 0.299 e. The summed E-state index contributed by atoms with van der Waals surface area (Å²) in [5, 5.41) is 0. The summed E-state index contributed by atoms with van der Waals surface area (Å²) in [5.41, 5.74) is 0.920. The molecule has 82 valence electrons. The van der Waals surface area contributed by atoms with Crippen molar-refractivity contribution >= 4 is 21.2 Å². The Morgan fingerprint density at radius 1 is 1.40 bits per heavy atom. The van der Waals surface area contributed by atoms with E-state index in [2.05, 4.69) is 5.87 Å². The van der Waals surface area contributed by atoms with Gasteiger partial charge < -0.3 is 0 Å². The summed E-state index contributed by atoms with van der Waals surface area (Å²) in [7, 11) is -2.14. The molecule has 3 heteroatoms. The summed E-state index contributed by atoms with van der Waals surface area (Å²) in [6.45, 7) is 1.53. The molecule has 1 rings (SSSR count). The van der Waals surface area contributed by atoms with Gasteiger partial charge in [-0.25, -0.2) is 0 Å². The molecule has 0 aliphatic rings. The first-order chi connectivity index (χ1) is 6.90. The molecule has 15 heavy (non-hydrogen) atoms. The average molecular weight is 224 g/mol. The van der Waals surface area contributed by atoms with E-state index in [4.69, 9.17) is 0 Å². The molecular formula is C12H16O2S. The van der Waals surface area contributed by atoms with Gasteiger partial charge in [-0.2, -0.15) is 0 Å². The van der Waals surface area contributed by atoms with Crippen molar-refractivity contribution in [2.75, 3.05) is 12.0 Å². The second kappa shape index (κ2) is 4.62. The summed E-state index contributed by atoms with van der Waals surface area (Å²) in [4.78, 5) is 11.5. The Morgan fingerprint density at radius 2 is 1.93 bits per heavy atom. The Morgan fingerprint density at radius 3 is 2.33 bits per heavy atom. The highest BCUT2D eigenvalue weighted by Gasteiger charge is 2.18. The minimum absolute atomic E-state index is 0.0411. The van der Waals surface area contributed by atoms with Crippen molar-refractivity contribution in [3.63, 3.8) is 0 Å². The quantitative estimate of drug-likeness (QED) is 0.730. The molecule has 0 radical (unpaired) electrons. The molecule has 2 unspecified atom stereocenters. The van der Waals surface area contributed by atoms with Crippen molar-refractivity contribution in [1.82, 2.24) is 0 Å². The number of hydrogen-bond acceptors (Lipinski definition) is 2. The SMILES string of the molecule is C=S(C)(=O)CC(C(C)=O)c1ccccc1. The van der Waals surface area contributed by atoms with Crippen LogP contribution in [0.5, 0.6) is 0 Å². The lowest BCUT2D eigenvalue weighted by Gasteiger charge is -2.14. The predicted octanol–water partition coefficient (Wildman–Crippen LogP) is 1.71. The van der Waals surface area contributed by atoms with E-state index < -0.39 is 9.52 Å². The highest BCUT2D eigenvalue weighted by Crippen LogP contribution is 2.18. The molecule has 0 N–H and O–H groups in total. The Hall–Kier alpha value is -1.09. The fraction of sp³-hybridized carbons (Fsp3) is 0.333. The lowest BCUT2D eigenvalue weighted by molar-refractivity contribution is -0.117. The number of Topliss-reactive ketones (excluding diaryl/α,β-unsaturated/α-hetero) is 1. The molecule has 1 aromatic rings. The van der Waals surface area contributed by atoms with E-state index in [1.54, 1.807) is 6.26 Å². The fourth-order valence-electron chi connectivity index (χ4n) is 1.49. The minimum atomic E-state index is -2.14. The normalized spacial score (nSPS) is 16.7. The van der Waals surface area contributed by atoms with Crippen LogP contribution in [0.4, 0.5) is 0 Å². The number of hydrogen-bond donors (Lipinski definition) is 0. The van der Waals surface area contributed by atoms with Crippen LogP contribution in [0.25, 0.3) is 0 Å². The van der Waals surface area contributed by atoms with Crippen molar-refractivity contribution < 1.29 is 9.00 Å². The third-order valence-electron chi connectivity index (χ3n) is 2.21. The Bertz CT molecular complexity index is 432. The highest BCUT2D eigenvalue weighted by molar-refractivity contribution is 7.99. The minimum Gasteiger partial charge on any atom is -0.299 e. The van der Waals surface area contributed by atoms with Gasteiger partial charge in [-0.3, -0.25) is 9.00 Å². The van der Waals surface area contributed by atoms with E-state index in [1.165, 1.54) is 6.92 Å². The predicted molar refractivity (Wildman–Crippen MR) is 65.9 cm³/mol. The molecule has 0 bridgehead atoms. The lowest BCUT2D eigenvalue weighted by atomic mass is 9.98. The number of rotatable bonds is 4. The molecular weight excluding hydrogens is 208 g/mol. The van der Waals surface area contributed by atoms with Crippen LogP contribution in [0.1, 0.15) is 18.4 Å². The van der Waals surface area contributed by atoms with Gasteiger partial charge in [0.1, 0.15) is 5.78 Å². The van der Waals surface area contributed by atoms with Crippen LogP contribution in [0.15, 0.2) is 30.3 Å². The average Bonchev–Trinajstić information content (AvgIpc) is 2.14. The third kappa shape index (κ3) is 3.88. The number of carbonyl (C=O) groups is 1. The molecule has 0 aromatic heterocycles. The van der Waals surface area contributed by atoms with Gasteiger partial charge in [0.2, 0.25) is 0 Å². The zero-order chi connectivity index (χ0) is 11.5. The van der Waals surface area contributed by atoms with Gasteiger partial charge in [-0.05, 0) is 27.9 Å². The smallest absolute Gasteiger partial charge is 0.138 e. The molecule has 0 spiro atoms. The second-order valence-electron chi connectivity index (χ2n) is 3.92. The van der Waals surface area contributed by atoms with Crippen LogP contribution in [0.2, 0.25) is 0 Å². The maximum absolute atomic E-state index is 11.6. The van der Waals surface area contributed by atoms with Gasteiger partial charge in [0.15, 0.2) is 0 Å². The zero-order valence-corrected chi connectivity index (χ0v) is 9.92. The summed E-state index contributed by atoms with van der Waals surface area (Å²) in [6, 6.07) is 9.43. The summed E-state index contributed by atoms with van der Waals surface area (Å²) in [6.07, 6.45) is 1.59. The van der Waals surface area contributed by atoms with Gasteiger partial charge in [0.25, 0.3) is 0 Å². The van der Waals surface area contributed by atoms with Crippen LogP contribution in [0, 0.1) is 0 Å². The van der Waals surface area contributed by atoms with Crippen molar-refractivity contribution in [2.24, 2.45) is 0 Å². The molecule has 0 saturated heterocycles. The van der Waals surface area contributed by atoms with E-state index in [0.29, 0.717) is 5.75 Å². The maximum atomic E-state index is 11.6. The molecule has 0 aliphatic heterocycles. The lowest BCUT2D eigenvalue weighted by Crippen LogP contribution is -2.19. The maximum Gasteiger partial charge on any atom is 0.138 e. The van der Waals surface area contributed by atoms with Crippen LogP contribution >= 0.6 is 0 Å². The van der Waals surface area contributed by atoms with E-state index in [9.17, 15) is 9.00 Å². The van der Waals surface area contributed by atoms with E-state index in [1.807, 2.05) is 30.3 Å². The summed E-state index contributed by atoms with van der Waals surface area (Å²) >= 11 is 0. The Labute approximate surface area is 91.3 Å². The molecule has 0 aliphatic carbocycles. The van der Waals surface area contributed by atoms with Crippen LogP contribution in [0.3, 0.4) is 0 Å². The molecule has 0 amide bonds. The molecule has 0 heterocycles. The highest BCUT2D eigenvalue weighted by atomic mass is 32.2. The topological polar surface area (TPSA) is 34.1 Å². The van der Waals surface area contributed by atoms with Crippen LogP contribution in [-0.4, -0.2) is 27.9 Å². The van der Waals surface area contributed by atoms with E-state index in [0.717, 1.165) is 5.56 Å². The van der Waals surface area contributed by atoms with Crippen LogP contribution in [-0.2, 0) is 14.3 Å². The fourth-order valence-corrected chi connectivity index (χ4v) is 2.62. The molecule has 1 aromatic carbocycles. The first-order valence-corrected chi connectivity index (χ1v) is 7.06. The van der Waals surface area contributed by atoms with Gasteiger partial charge in [-0.1, -0.05) is 30.3 Å². The van der Waals surface area contributed by atoms with Gasteiger partial charge >= 0.3 is 0 Å². The molecule has 0 saturated carbocycles. The first-order valence-electron chi connectivity index (χ1n) is 4.75. The monoisotopic (exact) mass is 224 g/mol. The van der Waals surface area contributed by atoms with Gasteiger partial charge in [0, 0.05) is 12.0 Å². The van der Waals surface area contributed by atoms with Crippen molar-refractivity contribution in [1.29, 1.82) is 0 Å². The van der Waals surface area contributed by atoms with Crippen molar-refractivity contribution in [2.45, 2.75) is 12.8 Å². The number of carbonyl (C=O) groups excluding carboxylic acids is 1. The second-order valence-corrected chi connectivity index (χ2v) is 6.63. The van der Waals surface area contributed by atoms with Crippen molar-refractivity contribution in [3.8, 4) is 0 Å². The van der Waals surface area contributed by atoms with Crippen LogP contribution < -0.4 is 0 Å². The molecule has 0 fully saturated rings. The molecule has 2 nitrogen and oxygen atoms in total. The van der Waals surface area contributed by atoms with Crippen molar-refractivity contribution in [3.05, 3.63) is 35.9 Å². The van der Waals surface area contributed by atoms with Gasteiger partial charge in [-0.15, -0.1) is 0 Å². The standard InChI is InChI=1S/C12H16O2S/c1-10(13)12(9-15(2,3)14)11-7-5-4-6-8-11/h4-8,12H,2,9H2,1,3H3. The number of benzene rings is 1. The number of ketones is 1. The Balaban J connectivity index is 3.00. The van der Waals surface area contributed by atoms with Gasteiger partial charge in [0.05, 0.1) is 5.92 Å². The summed E-state index contributed by atoms with van der Waals surface area (Å²) < 4.78 is 11.6. The third-order valence-corrected chi connectivity index (χ3v) is 3.25. The Kier molecular flexibility index (Phi) is 3.69. The first kappa shape index (κ1) is 12.0. The van der Waals surface area contributed by atoms with E-state index in [-0.39, 0.29) is 11.7 Å². The zero-order valence-electron chi connectivity index (χ0n) is 9.10.